The van der Waals surface area contributed by atoms with Gasteiger partial charge in [0.2, 0.25) is 0 Å². The molecule has 18 heavy (non-hydrogen) atoms. The molecule has 0 amide bonds. The summed E-state index contributed by atoms with van der Waals surface area (Å²) >= 11 is 1.06. The number of methoxy groups -OCH3 is 2. The maximum atomic E-state index is 11.8. The summed E-state index contributed by atoms with van der Waals surface area (Å²) in [6.07, 6.45) is 0. The molecular weight excluding hydrogens is 256 g/mol. The van der Waals surface area contributed by atoms with Crippen LogP contribution in [0.15, 0.2) is 18.2 Å². The molecule has 1 rings (SSSR count). The third-order valence-electron chi connectivity index (χ3n) is 2.13. The third kappa shape index (κ3) is 4.29. The number of hydrogen-bond donors (Lipinski definition) is 1. The average molecular weight is 270 g/mol. The van der Waals surface area contributed by atoms with Gasteiger partial charge < -0.3 is 14.6 Å². The van der Waals surface area contributed by atoms with Crippen molar-refractivity contribution in [1.29, 1.82) is 0 Å². The van der Waals surface area contributed by atoms with E-state index >= 15 is 0 Å². The highest BCUT2D eigenvalue weighted by atomic mass is 32.2. The summed E-state index contributed by atoms with van der Waals surface area (Å²) in [5.74, 6) is -0.00789. The van der Waals surface area contributed by atoms with E-state index in [9.17, 15) is 9.59 Å². The molecule has 0 fully saturated rings. The molecule has 0 aromatic heterocycles. The molecule has 0 aliphatic rings. The topological polar surface area (TPSA) is 72.8 Å². The van der Waals surface area contributed by atoms with Crippen molar-refractivity contribution >= 4 is 23.5 Å². The monoisotopic (exact) mass is 270 g/mol. The number of rotatable bonds is 7. The molecule has 5 nitrogen and oxygen atoms in total. The molecule has 0 aliphatic heterocycles. The summed E-state index contributed by atoms with van der Waals surface area (Å²) in [7, 11) is 3.00. The molecular formula is C12H14O5S. The Kier molecular flexibility index (Phi) is 5.51. The highest BCUT2D eigenvalue weighted by Gasteiger charge is 2.10. The van der Waals surface area contributed by atoms with Crippen LogP contribution in [-0.2, 0) is 4.79 Å². The molecule has 0 saturated carbocycles. The lowest BCUT2D eigenvalue weighted by Gasteiger charge is -2.07. The number of thioether (sulfide) groups is 1. The van der Waals surface area contributed by atoms with Crippen LogP contribution < -0.4 is 9.47 Å². The zero-order chi connectivity index (χ0) is 13.5. The first-order valence-corrected chi connectivity index (χ1v) is 6.28. The highest BCUT2D eigenvalue weighted by molar-refractivity contribution is 8.00. The minimum atomic E-state index is -0.934. The van der Waals surface area contributed by atoms with Crippen molar-refractivity contribution in [2.24, 2.45) is 0 Å². The zero-order valence-electron chi connectivity index (χ0n) is 10.1. The first-order valence-electron chi connectivity index (χ1n) is 5.12. The number of ether oxygens (including phenoxy) is 2. The zero-order valence-corrected chi connectivity index (χ0v) is 11.0. The van der Waals surface area contributed by atoms with Gasteiger partial charge in [-0.3, -0.25) is 9.59 Å². The Morgan fingerprint density at radius 3 is 2.11 bits per heavy atom. The number of aliphatic carboxylic acids is 1. The second-order valence-corrected chi connectivity index (χ2v) is 4.40. The summed E-state index contributed by atoms with van der Waals surface area (Å²) in [5, 5.41) is 8.49. The van der Waals surface area contributed by atoms with E-state index in [1.807, 2.05) is 0 Å². The van der Waals surface area contributed by atoms with Crippen molar-refractivity contribution in [3.8, 4) is 11.5 Å². The summed E-state index contributed by atoms with van der Waals surface area (Å²) in [6.45, 7) is 0. The van der Waals surface area contributed by atoms with Crippen molar-refractivity contribution in [3.05, 3.63) is 23.8 Å². The molecule has 0 heterocycles. The lowest BCUT2D eigenvalue weighted by atomic mass is 10.1. The number of benzene rings is 1. The van der Waals surface area contributed by atoms with Gasteiger partial charge in [0.1, 0.15) is 11.5 Å². The molecule has 6 heteroatoms. The molecule has 0 aliphatic carbocycles. The molecule has 0 spiro atoms. The van der Waals surface area contributed by atoms with Gasteiger partial charge in [-0.1, -0.05) is 0 Å². The maximum Gasteiger partial charge on any atom is 0.313 e. The van der Waals surface area contributed by atoms with E-state index in [-0.39, 0.29) is 17.3 Å². The summed E-state index contributed by atoms with van der Waals surface area (Å²) in [5.41, 5.74) is 0.448. The Bertz CT molecular complexity index is 422. The van der Waals surface area contributed by atoms with Crippen LogP contribution >= 0.6 is 11.8 Å². The van der Waals surface area contributed by atoms with Crippen LogP contribution in [0.5, 0.6) is 11.5 Å². The molecule has 1 aromatic carbocycles. The largest absolute Gasteiger partial charge is 0.497 e. The lowest BCUT2D eigenvalue weighted by Crippen LogP contribution is -2.07. The van der Waals surface area contributed by atoms with Gasteiger partial charge in [0, 0.05) is 11.6 Å². The van der Waals surface area contributed by atoms with E-state index in [0.29, 0.717) is 17.1 Å². The number of carbonyl (C=O) groups is 2. The minimum Gasteiger partial charge on any atom is -0.497 e. The number of hydrogen-bond acceptors (Lipinski definition) is 5. The van der Waals surface area contributed by atoms with E-state index in [2.05, 4.69) is 0 Å². The quantitative estimate of drug-likeness (QED) is 0.760. The lowest BCUT2D eigenvalue weighted by molar-refractivity contribution is -0.133. The Morgan fingerprint density at radius 2 is 1.67 bits per heavy atom. The highest BCUT2D eigenvalue weighted by Crippen LogP contribution is 2.23. The van der Waals surface area contributed by atoms with E-state index in [1.165, 1.54) is 14.2 Å². The Hall–Kier alpha value is -1.69. The van der Waals surface area contributed by atoms with Crippen LogP contribution in [0.3, 0.4) is 0 Å². The van der Waals surface area contributed by atoms with Gasteiger partial charge in [-0.2, -0.15) is 0 Å². The van der Waals surface area contributed by atoms with Crippen LogP contribution in [0.2, 0.25) is 0 Å². The SMILES string of the molecule is COc1cc(OC)cc(C(=O)CSCC(=O)O)c1. The predicted octanol–water partition coefficient (Wildman–Crippen LogP) is 1.70. The number of Topliss-reactive ketones (excluding diaryl/α,β-unsaturated/α-hetero) is 1. The van der Waals surface area contributed by atoms with Gasteiger partial charge >= 0.3 is 5.97 Å². The van der Waals surface area contributed by atoms with Crippen LogP contribution in [0.4, 0.5) is 0 Å². The van der Waals surface area contributed by atoms with Crippen molar-refractivity contribution in [2.45, 2.75) is 0 Å². The molecule has 1 aromatic rings. The summed E-state index contributed by atoms with van der Waals surface area (Å²) in [6, 6.07) is 4.87. The second-order valence-electron chi connectivity index (χ2n) is 3.41. The normalized spacial score (nSPS) is 9.89. The molecule has 0 unspecified atom stereocenters. The third-order valence-corrected chi connectivity index (χ3v) is 3.05. The first kappa shape index (κ1) is 14.4. The van der Waals surface area contributed by atoms with E-state index < -0.39 is 5.97 Å². The van der Waals surface area contributed by atoms with Gasteiger partial charge in [-0.25, -0.2) is 0 Å². The van der Waals surface area contributed by atoms with E-state index in [0.717, 1.165) is 11.8 Å². The molecule has 0 saturated heterocycles. The van der Waals surface area contributed by atoms with Gasteiger partial charge in [0.25, 0.3) is 0 Å². The fraction of sp³-hybridized carbons (Fsp3) is 0.333. The minimum absolute atomic E-state index is 0.0904. The van der Waals surface area contributed by atoms with E-state index in [1.54, 1.807) is 18.2 Å². The summed E-state index contributed by atoms with van der Waals surface area (Å²) in [4.78, 5) is 22.2. The van der Waals surface area contributed by atoms with Gasteiger partial charge in [-0.05, 0) is 12.1 Å². The van der Waals surface area contributed by atoms with Crippen LogP contribution in [0, 0.1) is 0 Å². The van der Waals surface area contributed by atoms with Crippen molar-refractivity contribution in [3.63, 3.8) is 0 Å². The van der Waals surface area contributed by atoms with Gasteiger partial charge in [0.15, 0.2) is 5.78 Å². The van der Waals surface area contributed by atoms with Crippen LogP contribution in [-0.4, -0.2) is 42.6 Å². The van der Waals surface area contributed by atoms with E-state index in [4.69, 9.17) is 14.6 Å². The number of ketones is 1. The Balaban J connectivity index is 2.75. The summed E-state index contributed by atoms with van der Waals surface area (Å²) < 4.78 is 10.1. The van der Waals surface area contributed by atoms with Crippen LogP contribution in [0.1, 0.15) is 10.4 Å². The fourth-order valence-corrected chi connectivity index (χ4v) is 1.91. The van der Waals surface area contributed by atoms with Crippen molar-refractivity contribution in [2.75, 3.05) is 25.7 Å². The molecule has 98 valence electrons. The maximum absolute atomic E-state index is 11.8. The smallest absolute Gasteiger partial charge is 0.313 e. The standard InChI is InChI=1S/C12H14O5S/c1-16-9-3-8(4-10(5-9)17-2)11(13)6-18-7-12(14)15/h3-5H,6-7H2,1-2H3,(H,14,15). The Morgan fingerprint density at radius 1 is 1.11 bits per heavy atom. The molecule has 0 bridgehead atoms. The number of carboxylic acid groups (broad SMARTS) is 1. The average Bonchev–Trinajstić information content (AvgIpc) is 2.37. The first-order chi connectivity index (χ1) is 8.56. The van der Waals surface area contributed by atoms with Gasteiger partial charge in [0.05, 0.1) is 25.7 Å². The number of carboxylic acids is 1. The molecule has 0 atom stereocenters. The molecule has 0 radical (unpaired) electrons. The number of carbonyl (C=O) groups excluding carboxylic acids is 1. The van der Waals surface area contributed by atoms with Crippen LogP contribution in [0.25, 0.3) is 0 Å². The Labute approximate surface area is 109 Å². The van der Waals surface area contributed by atoms with Gasteiger partial charge in [-0.15, -0.1) is 11.8 Å². The van der Waals surface area contributed by atoms with Crippen molar-refractivity contribution < 1.29 is 24.2 Å². The predicted molar refractivity (Wildman–Crippen MR) is 68.8 cm³/mol. The fourth-order valence-electron chi connectivity index (χ4n) is 1.28. The second kappa shape index (κ2) is 6.90. The molecule has 1 N–H and O–H groups in total. The van der Waals surface area contributed by atoms with Crippen molar-refractivity contribution in [1.82, 2.24) is 0 Å².